The van der Waals surface area contributed by atoms with Crippen LogP contribution in [0.15, 0.2) is 0 Å². The number of carbonyl (C=O) groups is 1. The summed E-state index contributed by atoms with van der Waals surface area (Å²) in [6.45, 7) is 3.32. The van der Waals surface area contributed by atoms with Crippen molar-refractivity contribution in [2.75, 3.05) is 32.4 Å². The highest BCUT2D eigenvalue weighted by molar-refractivity contribution is 7.89. The highest BCUT2D eigenvalue weighted by atomic mass is 32.2. The number of amides is 1. The molecule has 0 aromatic rings. The topological polar surface area (TPSA) is 69.7 Å². The molecule has 2 aliphatic rings. The van der Waals surface area contributed by atoms with Crippen molar-refractivity contribution in [3.8, 4) is 0 Å². The molecule has 2 rings (SSSR count). The van der Waals surface area contributed by atoms with Crippen LogP contribution in [0.3, 0.4) is 0 Å². The average Bonchev–Trinajstić information content (AvgIpc) is 2.62. The SMILES string of the molecule is CCS(=O)(=O)N(C)CC(=O)N1C2CCNCC1CC2. The van der Waals surface area contributed by atoms with Gasteiger partial charge in [0.05, 0.1) is 12.3 Å². The lowest BCUT2D eigenvalue weighted by Gasteiger charge is -2.29. The van der Waals surface area contributed by atoms with E-state index < -0.39 is 10.0 Å². The second kappa shape index (κ2) is 5.76. The lowest BCUT2D eigenvalue weighted by molar-refractivity contribution is -0.133. The van der Waals surface area contributed by atoms with Gasteiger partial charge in [-0.25, -0.2) is 8.42 Å². The van der Waals surface area contributed by atoms with E-state index in [0.29, 0.717) is 0 Å². The first-order chi connectivity index (χ1) is 8.95. The fraction of sp³-hybridized carbons (Fsp3) is 0.917. The number of sulfonamides is 1. The molecule has 2 fully saturated rings. The van der Waals surface area contributed by atoms with E-state index in [4.69, 9.17) is 0 Å². The first-order valence-corrected chi connectivity index (χ1v) is 8.52. The largest absolute Gasteiger partial charge is 0.334 e. The molecule has 2 heterocycles. The second-order valence-electron chi connectivity index (χ2n) is 5.34. The van der Waals surface area contributed by atoms with Crippen molar-refractivity contribution in [3.05, 3.63) is 0 Å². The molecule has 1 N–H and O–H groups in total. The van der Waals surface area contributed by atoms with Crippen molar-refractivity contribution in [1.82, 2.24) is 14.5 Å². The molecule has 2 saturated heterocycles. The third-order valence-electron chi connectivity index (χ3n) is 4.14. The number of nitrogens with one attached hydrogen (secondary N) is 1. The lowest BCUT2D eigenvalue weighted by Crippen LogP contribution is -2.47. The summed E-state index contributed by atoms with van der Waals surface area (Å²) in [6, 6.07) is 0.517. The van der Waals surface area contributed by atoms with Gasteiger partial charge in [0.2, 0.25) is 15.9 Å². The summed E-state index contributed by atoms with van der Waals surface area (Å²) < 4.78 is 24.6. The Hall–Kier alpha value is -0.660. The second-order valence-corrected chi connectivity index (χ2v) is 7.70. The number of hydrogen-bond donors (Lipinski definition) is 1. The van der Waals surface area contributed by atoms with Crippen molar-refractivity contribution >= 4 is 15.9 Å². The Morgan fingerprint density at radius 1 is 1.32 bits per heavy atom. The van der Waals surface area contributed by atoms with Crippen LogP contribution in [-0.2, 0) is 14.8 Å². The Balaban J connectivity index is 2.04. The van der Waals surface area contributed by atoms with Crippen molar-refractivity contribution in [2.45, 2.75) is 38.3 Å². The molecule has 2 unspecified atom stereocenters. The van der Waals surface area contributed by atoms with E-state index in [-0.39, 0.29) is 30.3 Å². The predicted octanol–water partition coefficient (Wildman–Crippen LogP) is -0.379. The fourth-order valence-corrected chi connectivity index (χ4v) is 3.73. The first kappa shape index (κ1) is 14.7. The third-order valence-corrected chi connectivity index (χ3v) is 5.95. The molecule has 0 spiro atoms. The summed E-state index contributed by atoms with van der Waals surface area (Å²) in [5.41, 5.74) is 0. The molecule has 7 heteroatoms. The molecule has 2 aliphatic heterocycles. The van der Waals surface area contributed by atoms with Crippen LogP contribution in [0.25, 0.3) is 0 Å². The number of carbonyl (C=O) groups excluding carboxylic acids is 1. The summed E-state index contributed by atoms with van der Waals surface area (Å²) in [6.07, 6.45) is 3.03. The third kappa shape index (κ3) is 3.09. The van der Waals surface area contributed by atoms with Crippen LogP contribution in [0.1, 0.15) is 26.2 Å². The summed E-state index contributed by atoms with van der Waals surface area (Å²) in [5, 5.41) is 3.33. The molecule has 0 aromatic carbocycles. The minimum atomic E-state index is -3.29. The lowest BCUT2D eigenvalue weighted by atomic mass is 10.1. The van der Waals surface area contributed by atoms with Gasteiger partial charge in [-0.2, -0.15) is 4.31 Å². The minimum Gasteiger partial charge on any atom is -0.334 e. The Labute approximate surface area is 115 Å². The summed E-state index contributed by atoms with van der Waals surface area (Å²) in [7, 11) is -1.80. The van der Waals surface area contributed by atoms with E-state index >= 15 is 0 Å². The maximum atomic E-state index is 12.4. The van der Waals surface area contributed by atoms with Gasteiger partial charge >= 0.3 is 0 Å². The molecule has 6 nitrogen and oxygen atoms in total. The highest BCUT2D eigenvalue weighted by Gasteiger charge is 2.38. The smallest absolute Gasteiger partial charge is 0.238 e. The number of nitrogens with zero attached hydrogens (tertiary/aromatic N) is 2. The molecular formula is C12H23N3O3S. The molecule has 0 aliphatic carbocycles. The average molecular weight is 289 g/mol. The van der Waals surface area contributed by atoms with E-state index in [0.717, 1.165) is 32.4 Å². The van der Waals surface area contributed by atoms with E-state index in [1.807, 2.05) is 4.90 Å². The van der Waals surface area contributed by atoms with Crippen LogP contribution < -0.4 is 5.32 Å². The number of fused-ring (bicyclic) bond motifs is 2. The maximum absolute atomic E-state index is 12.4. The number of likely N-dealkylation sites (N-methyl/N-ethyl adjacent to an activating group) is 1. The Kier molecular flexibility index (Phi) is 4.47. The summed E-state index contributed by atoms with van der Waals surface area (Å²) >= 11 is 0. The van der Waals surface area contributed by atoms with E-state index in [1.54, 1.807) is 6.92 Å². The van der Waals surface area contributed by atoms with Gasteiger partial charge in [0.1, 0.15) is 0 Å². The van der Waals surface area contributed by atoms with Crippen molar-refractivity contribution in [2.24, 2.45) is 0 Å². The van der Waals surface area contributed by atoms with Gasteiger partial charge in [-0.05, 0) is 32.7 Å². The zero-order chi connectivity index (χ0) is 14.0. The number of hydrogen-bond acceptors (Lipinski definition) is 4. The van der Waals surface area contributed by atoms with Crippen LogP contribution in [-0.4, -0.2) is 68.0 Å². The highest BCUT2D eigenvalue weighted by Crippen LogP contribution is 2.28. The van der Waals surface area contributed by atoms with Gasteiger partial charge in [0.25, 0.3) is 0 Å². The van der Waals surface area contributed by atoms with Crippen molar-refractivity contribution in [3.63, 3.8) is 0 Å². The van der Waals surface area contributed by atoms with E-state index in [1.165, 1.54) is 11.4 Å². The maximum Gasteiger partial charge on any atom is 0.238 e. The Morgan fingerprint density at radius 3 is 2.68 bits per heavy atom. The molecule has 110 valence electrons. The predicted molar refractivity (Wildman–Crippen MR) is 73.2 cm³/mol. The van der Waals surface area contributed by atoms with Crippen molar-refractivity contribution < 1.29 is 13.2 Å². The molecule has 2 bridgehead atoms. The van der Waals surface area contributed by atoms with Gasteiger partial charge < -0.3 is 10.2 Å². The zero-order valence-electron chi connectivity index (χ0n) is 11.6. The van der Waals surface area contributed by atoms with Crippen LogP contribution in [0.2, 0.25) is 0 Å². The van der Waals surface area contributed by atoms with Crippen LogP contribution in [0, 0.1) is 0 Å². The monoisotopic (exact) mass is 289 g/mol. The van der Waals surface area contributed by atoms with Gasteiger partial charge in [0.15, 0.2) is 0 Å². The minimum absolute atomic E-state index is 0.0329. The van der Waals surface area contributed by atoms with Crippen LogP contribution >= 0.6 is 0 Å². The van der Waals surface area contributed by atoms with Crippen molar-refractivity contribution in [1.29, 1.82) is 0 Å². The van der Waals surface area contributed by atoms with Crippen LogP contribution in [0.5, 0.6) is 0 Å². The Morgan fingerprint density at radius 2 is 2.00 bits per heavy atom. The van der Waals surface area contributed by atoms with Gasteiger partial charge in [0, 0.05) is 25.7 Å². The molecule has 0 aromatic heterocycles. The van der Waals surface area contributed by atoms with E-state index in [2.05, 4.69) is 5.32 Å². The standard InChI is InChI=1S/C12H23N3O3S/c1-3-19(17,18)14(2)9-12(16)15-10-4-5-11(15)8-13-7-6-10/h10-11,13H,3-9H2,1-2H3. The van der Waals surface area contributed by atoms with Crippen LogP contribution in [0.4, 0.5) is 0 Å². The molecule has 0 saturated carbocycles. The molecule has 2 atom stereocenters. The molecule has 0 radical (unpaired) electrons. The zero-order valence-corrected chi connectivity index (χ0v) is 12.4. The van der Waals surface area contributed by atoms with Gasteiger partial charge in [-0.3, -0.25) is 4.79 Å². The van der Waals surface area contributed by atoms with Gasteiger partial charge in [-0.15, -0.1) is 0 Å². The van der Waals surface area contributed by atoms with E-state index in [9.17, 15) is 13.2 Å². The summed E-state index contributed by atoms with van der Waals surface area (Å²) in [4.78, 5) is 14.3. The number of rotatable bonds is 4. The fourth-order valence-electron chi connectivity index (χ4n) is 2.98. The molecule has 19 heavy (non-hydrogen) atoms. The molecular weight excluding hydrogens is 266 g/mol. The quantitative estimate of drug-likeness (QED) is 0.766. The van der Waals surface area contributed by atoms with Gasteiger partial charge in [-0.1, -0.05) is 0 Å². The first-order valence-electron chi connectivity index (χ1n) is 6.91. The Bertz CT molecular complexity index is 424. The normalized spacial score (nSPS) is 27.6. The summed E-state index contributed by atoms with van der Waals surface area (Å²) in [5.74, 6) is -0.0266. The molecule has 1 amide bonds.